The van der Waals surface area contributed by atoms with E-state index < -0.39 is 21.3 Å². The van der Waals surface area contributed by atoms with Crippen molar-refractivity contribution < 1.29 is 8.39 Å². The maximum Gasteiger partial charge on any atom is 0.144 e. The van der Waals surface area contributed by atoms with E-state index in [1.54, 1.807) is 0 Å². The van der Waals surface area contributed by atoms with Crippen LogP contribution < -0.4 is 0 Å². The summed E-state index contributed by atoms with van der Waals surface area (Å²) in [5.41, 5.74) is 0.449. The Labute approximate surface area is 207 Å². The molecule has 2 aliphatic rings. The average molecular weight is 494 g/mol. The van der Waals surface area contributed by atoms with E-state index in [-0.39, 0.29) is 14.9 Å². The van der Waals surface area contributed by atoms with E-state index >= 15 is 0 Å². The normalized spacial score (nSPS) is 26.4. The minimum atomic E-state index is -1.17. The molecule has 0 aliphatic heterocycles. The van der Waals surface area contributed by atoms with Crippen LogP contribution in [0.15, 0.2) is 4.40 Å². The van der Waals surface area contributed by atoms with Crippen LogP contribution in [0.3, 0.4) is 0 Å². The fourth-order valence-corrected chi connectivity index (χ4v) is 5.34. The molecule has 0 aromatic rings. The smallest absolute Gasteiger partial charge is 0.144 e. The lowest BCUT2D eigenvalue weighted by Crippen LogP contribution is -2.40. The molecule has 196 valence electrons. The summed E-state index contributed by atoms with van der Waals surface area (Å²) >= 11 is 0. The van der Waals surface area contributed by atoms with Crippen molar-refractivity contribution in [3.63, 3.8) is 0 Å². The van der Waals surface area contributed by atoms with Crippen molar-refractivity contribution in [1.29, 1.82) is 0 Å². The molecule has 2 saturated carbocycles. The molecule has 5 heteroatoms. The van der Waals surface area contributed by atoms with Crippen molar-refractivity contribution >= 4 is 27.5 Å². The Morgan fingerprint density at radius 1 is 0.875 bits per heavy atom. The van der Waals surface area contributed by atoms with Crippen LogP contribution in [0.1, 0.15) is 129 Å². The molecule has 0 radical (unpaired) electrons. The summed E-state index contributed by atoms with van der Waals surface area (Å²) < 4.78 is 23.5. The summed E-state index contributed by atoms with van der Waals surface area (Å²) in [7, 11) is -2.25. The molecule has 3 nitrogen and oxygen atoms in total. The van der Waals surface area contributed by atoms with Gasteiger partial charge in [0.2, 0.25) is 0 Å². The second-order valence-electron chi connectivity index (χ2n) is 11.0. The van der Waals surface area contributed by atoms with E-state index in [0.717, 1.165) is 25.7 Å². The van der Waals surface area contributed by atoms with Crippen LogP contribution in [0.4, 0.5) is 0 Å². The Morgan fingerprint density at radius 3 is 1.59 bits per heavy atom. The van der Waals surface area contributed by atoms with Gasteiger partial charge in [0.1, 0.15) is 11.0 Å². The van der Waals surface area contributed by atoms with Crippen LogP contribution in [-0.4, -0.2) is 38.5 Å². The zero-order chi connectivity index (χ0) is 26.0. The van der Waals surface area contributed by atoms with Gasteiger partial charge in [0, 0.05) is 16.4 Å². The summed E-state index contributed by atoms with van der Waals surface area (Å²) in [5, 5.41) is 0. The largest absolute Gasteiger partial charge is 0.333 e. The summed E-state index contributed by atoms with van der Waals surface area (Å²) in [6.07, 6.45) is 14.0. The van der Waals surface area contributed by atoms with Crippen molar-refractivity contribution in [2.75, 3.05) is 12.5 Å². The maximum absolute atomic E-state index is 12.5. The monoisotopic (exact) mass is 493 g/mol. The number of nitrogens with zero attached hydrogens (tertiary/aromatic N) is 1. The lowest BCUT2D eigenvalue weighted by Gasteiger charge is -2.49. The average Bonchev–Trinajstić information content (AvgIpc) is 3.49. The van der Waals surface area contributed by atoms with Crippen LogP contribution >= 0.6 is 10.3 Å². The molecule has 1 atom stereocenters. The van der Waals surface area contributed by atoms with Crippen LogP contribution in [-0.2, 0) is 15.2 Å². The van der Waals surface area contributed by atoms with Gasteiger partial charge >= 0.3 is 0 Å². The summed E-state index contributed by atoms with van der Waals surface area (Å²) in [6, 6.07) is 0. The Kier molecular flexibility index (Phi) is 14.9. The first kappa shape index (κ1) is 34.3. The van der Waals surface area contributed by atoms with Crippen LogP contribution in [0.5, 0.6) is 0 Å². The first-order valence-electron chi connectivity index (χ1n) is 13.0. The molecule has 2 rings (SSSR count). The van der Waals surface area contributed by atoms with E-state index in [1.807, 2.05) is 62.3 Å². The third-order valence-corrected chi connectivity index (χ3v) is 11.8. The molecule has 32 heavy (non-hydrogen) atoms. The second kappa shape index (κ2) is 13.9. The predicted octanol–water partition coefficient (Wildman–Crippen LogP) is 9.12. The van der Waals surface area contributed by atoms with E-state index in [1.165, 1.54) is 12.8 Å². The highest BCUT2D eigenvalue weighted by Crippen LogP contribution is 2.64. The molecule has 0 bridgehead atoms. The predicted molar refractivity (Wildman–Crippen MR) is 153 cm³/mol. The Morgan fingerprint density at radius 2 is 1.28 bits per heavy atom. The van der Waals surface area contributed by atoms with Gasteiger partial charge in [0.25, 0.3) is 0 Å². The van der Waals surface area contributed by atoms with E-state index in [9.17, 15) is 4.21 Å². The van der Waals surface area contributed by atoms with Gasteiger partial charge in [-0.05, 0) is 77.2 Å². The highest BCUT2D eigenvalue weighted by atomic mass is 32.3. The minimum Gasteiger partial charge on any atom is -0.333 e. The zero-order valence-electron chi connectivity index (χ0n) is 24.5. The zero-order valence-corrected chi connectivity index (χ0v) is 26.1. The first-order valence-corrected chi connectivity index (χ1v) is 16.5. The van der Waals surface area contributed by atoms with Gasteiger partial charge in [0.15, 0.2) is 0 Å². The first-order chi connectivity index (χ1) is 14.6. The topological polar surface area (TPSA) is 38.7 Å². The molecule has 0 amide bonds. The lowest BCUT2D eigenvalue weighted by atomic mass is 9.64. The number of hydrogen-bond donors (Lipinski definition) is 0. The molecule has 0 aromatic carbocycles. The van der Waals surface area contributed by atoms with Gasteiger partial charge in [-0.15, -0.1) is 10.3 Å². The molecule has 0 saturated heterocycles. The van der Waals surface area contributed by atoms with Crippen molar-refractivity contribution in [3.05, 3.63) is 0 Å². The molecule has 0 N–H and O–H groups in total. The van der Waals surface area contributed by atoms with Crippen molar-refractivity contribution in [2.45, 2.75) is 144 Å². The van der Waals surface area contributed by atoms with Gasteiger partial charge in [-0.3, -0.25) is 0 Å². The lowest BCUT2D eigenvalue weighted by molar-refractivity contribution is 0.0893. The molecule has 1 unspecified atom stereocenters. The number of hydrogen-bond acceptors (Lipinski definition) is 2. The van der Waals surface area contributed by atoms with E-state index in [4.69, 9.17) is 4.18 Å². The van der Waals surface area contributed by atoms with Crippen molar-refractivity contribution in [1.82, 2.24) is 0 Å². The Hall–Kier alpha value is 0.130. The van der Waals surface area contributed by atoms with Crippen molar-refractivity contribution in [2.24, 2.45) is 15.2 Å². The fraction of sp³-hybridized carbons (Fsp3) is 0.963. The highest BCUT2D eigenvalue weighted by molar-refractivity contribution is 8.29. The molecule has 2 fully saturated rings. The molecule has 0 spiro atoms. The second-order valence-corrected chi connectivity index (χ2v) is 16.8. The number of rotatable bonds is 5. The third kappa shape index (κ3) is 9.41. The SMILES string of the molecule is CC.CC.CC.CC(C)(C)S(=O)/N=C/C1(C2(C)CC2)CCC(OS(C)(C)C(C)(C)C)CC1. The van der Waals surface area contributed by atoms with Crippen LogP contribution in [0.2, 0.25) is 0 Å². The van der Waals surface area contributed by atoms with Crippen LogP contribution in [0, 0.1) is 10.8 Å². The maximum atomic E-state index is 12.5. The standard InChI is InChI=1S/C21H41NO2S2.3C2H6/c1-18(2,3)25(23)22-16-21(20(7)14-15-20)12-10-17(11-13-21)24-26(8,9)19(4,5)6;3*1-2/h16-17H,10-15H2,1-9H3;3*1-2H3/b22-16+;;;. The Balaban J connectivity index is 0. The highest BCUT2D eigenvalue weighted by Gasteiger charge is 2.56. The molecule has 2 aliphatic carbocycles. The molecular formula is C27H59NO2S2. The Bertz CT molecular complexity index is 559. The van der Waals surface area contributed by atoms with Crippen molar-refractivity contribution in [3.8, 4) is 0 Å². The summed E-state index contributed by atoms with van der Waals surface area (Å²) in [5.74, 6) is 0. The van der Waals surface area contributed by atoms with Crippen LogP contribution in [0.25, 0.3) is 0 Å². The summed E-state index contributed by atoms with van der Waals surface area (Å²) in [4.78, 5) is 0. The molecular weight excluding hydrogens is 434 g/mol. The van der Waals surface area contributed by atoms with E-state index in [0.29, 0.717) is 11.5 Å². The fourth-order valence-electron chi connectivity index (χ4n) is 3.57. The van der Waals surface area contributed by atoms with Gasteiger partial charge in [-0.2, -0.15) is 4.40 Å². The van der Waals surface area contributed by atoms with Gasteiger partial charge in [-0.25, -0.2) is 4.21 Å². The van der Waals surface area contributed by atoms with E-state index in [2.05, 4.69) is 50.8 Å². The molecule has 0 aromatic heterocycles. The summed E-state index contributed by atoms with van der Waals surface area (Å²) in [6.45, 7) is 27.2. The van der Waals surface area contributed by atoms with Gasteiger partial charge in [0.05, 0.1) is 10.9 Å². The minimum absolute atomic E-state index is 0.106. The quantitative estimate of drug-likeness (QED) is 0.358. The third-order valence-electron chi connectivity index (χ3n) is 6.80. The molecule has 0 heterocycles. The van der Waals surface area contributed by atoms with Gasteiger partial charge < -0.3 is 4.18 Å². The van der Waals surface area contributed by atoms with Gasteiger partial charge in [-0.1, -0.05) is 69.2 Å².